The van der Waals surface area contributed by atoms with Crippen molar-refractivity contribution < 1.29 is 27.5 Å². The maximum Gasteiger partial charge on any atom is 0.417 e. The van der Waals surface area contributed by atoms with Crippen LogP contribution in [0.2, 0.25) is 0 Å². The van der Waals surface area contributed by atoms with Gasteiger partial charge in [0.25, 0.3) is 0 Å². The summed E-state index contributed by atoms with van der Waals surface area (Å²) >= 11 is 0. The summed E-state index contributed by atoms with van der Waals surface area (Å²) in [5, 5.41) is 0. The Morgan fingerprint density at radius 1 is 1.35 bits per heavy atom. The van der Waals surface area contributed by atoms with Gasteiger partial charge >= 0.3 is 6.18 Å². The Hall–Kier alpha value is -1.95. The van der Waals surface area contributed by atoms with E-state index >= 15 is 0 Å². The second kappa shape index (κ2) is 6.47. The molecule has 0 radical (unpaired) electrons. The highest BCUT2D eigenvalue weighted by Gasteiger charge is 2.37. The van der Waals surface area contributed by atoms with Gasteiger partial charge in [0.05, 0.1) is 5.56 Å². The molecule has 20 heavy (non-hydrogen) atoms. The number of hydrogen-bond acceptors (Lipinski definition) is 3. The Kier molecular flexibility index (Phi) is 5.21. The molecule has 0 spiro atoms. The third-order valence-electron chi connectivity index (χ3n) is 2.53. The molecule has 108 valence electrons. The van der Waals surface area contributed by atoms with Gasteiger partial charge in [-0.1, -0.05) is 24.8 Å². The van der Waals surface area contributed by atoms with Gasteiger partial charge in [0.1, 0.15) is 0 Å². The monoisotopic (exact) mass is 286 g/mol. The molecule has 0 N–H and O–H groups in total. The molecule has 0 fully saturated rings. The van der Waals surface area contributed by atoms with E-state index in [1.165, 1.54) is 19.1 Å². The van der Waals surface area contributed by atoms with E-state index in [1.807, 2.05) is 0 Å². The van der Waals surface area contributed by atoms with Gasteiger partial charge in [-0.25, -0.2) is 0 Å². The summed E-state index contributed by atoms with van der Waals surface area (Å²) in [6.45, 7) is 4.76. The molecule has 0 heterocycles. The van der Waals surface area contributed by atoms with E-state index in [0.717, 1.165) is 18.2 Å². The highest BCUT2D eigenvalue weighted by Crippen LogP contribution is 2.32. The van der Waals surface area contributed by atoms with Crippen LogP contribution in [-0.2, 0) is 15.7 Å². The maximum atomic E-state index is 12.8. The highest BCUT2D eigenvalue weighted by molar-refractivity contribution is 6.16. The first-order valence-electron chi connectivity index (χ1n) is 5.81. The molecule has 0 saturated heterocycles. The predicted octanol–water partition coefficient (Wildman–Crippen LogP) is 3.05. The minimum absolute atomic E-state index is 0.0180. The normalized spacial score (nSPS) is 12.8. The first-order chi connectivity index (χ1) is 9.32. The highest BCUT2D eigenvalue weighted by atomic mass is 19.4. The quantitative estimate of drug-likeness (QED) is 0.458. The van der Waals surface area contributed by atoms with E-state index in [0.29, 0.717) is 0 Å². The van der Waals surface area contributed by atoms with Crippen molar-refractivity contribution >= 4 is 11.6 Å². The van der Waals surface area contributed by atoms with Gasteiger partial charge < -0.3 is 4.74 Å². The number of ketones is 2. The molecule has 0 amide bonds. The number of halogens is 3. The topological polar surface area (TPSA) is 43.4 Å². The minimum atomic E-state index is -4.68. The Labute approximate surface area is 114 Å². The van der Waals surface area contributed by atoms with Crippen molar-refractivity contribution in [3.05, 3.63) is 48.0 Å². The van der Waals surface area contributed by atoms with Crippen LogP contribution in [0.1, 0.15) is 22.8 Å². The van der Waals surface area contributed by atoms with Crippen LogP contribution in [0.15, 0.2) is 36.9 Å². The number of hydrogen-bond donors (Lipinski definition) is 0. The number of rotatable bonds is 6. The Morgan fingerprint density at radius 3 is 2.45 bits per heavy atom. The molecule has 1 atom stereocenters. The lowest BCUT2D eigenvalue weighted by atomic mass is 9.97. The van der Waals surface area contributed by atoms with Crippen LogP contribution < -0.4 is 0 Å². The molecule has 0 aliphatic carbocycles. The molecule has 0 bridgehead atoms. The van der Waals surface area contributed by atoms with E-state index in [4.69, 9.17) is 4.74 Å². The number of alkyl halides is 3. The molecule has 1 rings (SSSR count). The molecular formula is C14H13F3O3. The van der Waals surface area contributed by atoms with Crippen molar-refractivity contribution in [2.75, 3.05) is 6.61 Å². The lowest BCUT2D eigenvalue weighted by Crippen LogP contribution is -2.33. The molecule has 0 aliphatic rings. The van der Waals surface area contributed by atoms with Crippen LogP contribution in [0.3, 0.4) is 0 Å². The van der Waals surface area contributed by atoms with Gasteiger partial charge in [-0.3, -0.25) is 9.59 Å². The molecule has 1 unspecified atom stereocenters. The summed E-state index contributed by atoms with van der Waals surface area (Å²) in [7, 11) is 0. The fourth-order valence-electron chi connectivity index (χ4n) is 1.65. The molecular weight excluding hydrogens is 273 g/mol. The van der Waals surface area contributed by atoms with E-state index in [-0.39, 0.29) is 6.61 Å². The van der Waals surface area contributed by atoms with Crippen molar-refractivity contribution in [2.45, 2.75) is 19.2 Å². The van der Waals surface area contributed by atoms with Crippen LogP contribution in [0.25, 0.3) is 0 Å². The second-order valence-corrected chi connectivity index (χ2v) is 3.85. The second-order valence-electron chi connectivity index (χ2n) is 3.85. The van der Waals surface area contributed by atoms with Gasteiger partial charge in [-0.15, -0.1) is 0 Å². The lowest BCUT2D eigenvalue weighted by molar-refractivity contribution is -0.138. The van der Waals surface area contributed by atoms with Gasteiger partial charge in [0.2, 0.25) is 0 Å². The first kappa shape index (κ1) is 16.1. The van der Waals surface area contributed by atoms with Crippen LogP contribution in [0.5, 0.6) is 0 Å². The molecule has 0 aliphatic heterocycles. The SMILES string of the molecule is C=CC(=O)C(OCC)C(=O)c1ccccc1C(F)(F)F. The van der Waals surface area contributed by atoms with Crippen molar-refractivity contribution in [3.63, 3.8) is 0 Å². The minimum Gasteiger partial charge on any atom is -0.362 e. The molecule has 0 aromatic heterocycles. The van der Waals surface area contributed by atoms with Crippen molar-refractivity contribution in [1.29, 1.82) is 0 Å². The molecule has 1 aromatic carbocycles. The largest absolute Gasteiger partial charge is 0.417 e. The average molecular weight is 286 g/mol. The van der Waals surface area contributed by atoms with Gasteiger partial charge in [-0.2, -0.15) is 13.2 Å². The summed E-state index contributed by atoms with van der Waals surface area (Å²) in [6.07, 6.45) is -5.42. The number of benzene rings is 1. The average Bonchev–Trinajstić information content (AvgIpc) is 2.42. The first-order valence-corrected chi connectivity index (χ1v) is 5.81. The smallest absolute Gasteiger partial charge is 0.362 e. The summed E-state index contributed by atoms with van der Waals surface area (Å²) in [5.41, 5.74) is -1.68. The Bertz CT molecular complexity index is 521. The number of carbonyl (C=O) groups excluding carboxylic acids is 2. The van der Waals surface area contributed by atoms with Crippen molar-refractivity contribution in [1.82, 2.24) is 0 Å². The zero-order valence-electron chi connectivity index (χ0n) is 10.7. The fourth-order valence-corrected chi connectivity index (χ4v) is 1.65. The van der Waals surface area contributed by atoms with Crippen molar-refractivity contribution in [2.24, 2.45) is 0 Å². The van der Waals surface area contributed by atoms with E-state index < -0.39 is 35.0 Å². The Balaban J connectivity index is 3.25. The summed E-state index contributed by atoms with van der Waals surface area (Å²) in [4.78, 5) is 23.6. The third-order valence-corrected chi connectivity index (χ3v) is 2.53. The van der Waals surface area contributed by atoms with E-state index in [9.17, 15) is 22.8 Å². The number of ether oxygens (including phenoxy) is 1. The van der Waals surface area contributed by atoms with Crippen LogP contribution in [-0.4, -0.2) is 24.3 Å². The number of carbonyl (C=O) groups is 2. The zero-order valence-corrected chi connectivity index (χ0v) is 10.7. The maximum absolute atomic E-state index is 12.8. The summed E-state index contributed by atoms with van der Waals surface area (Å²) in [5.74, 6) is -1.79. The molecule has 3 nitrogen and oxygen atoms in total. The van der Waals surface area contributed by atoms with Crippen LogP contribution >= 0.6 is 0 Å². The fraction of sp³-hybridized carbons (Fsp3) is 0.286. The Morgan fingerprint density at radius 2 is 1.95 bits per heavy atom. The van der Waals surface area contributed by atoms with Gasteiger partial charge in [0, 0.05) is 12.2 Å². The van der Waals surface area contributed by atoms with Gasteiger partial charge in [0.15, 0.2) is 17.7 Å². The lowest BCUT2D eigenvalue weighted by Gasteiger charge is -2.16. The van der Waals surface area contributed by atoms with E-state index in [1.54, 1.807) is 0 Å². The summed E-state index contributed by atoms with van der Waals surface area (Å²) in [6, 6.07) is 4.27. The summed E-state index contributed by atoms with van der Waals surface area (Å²) < 4.78 is 43.5. The van der Waals surface area contributed by atoms with Crippen LogP contribution in [0.4, 0.5) is 13.2 Å². The zero-order chi connectivity index (χ0) is 15.3. The van der Waals surface area contributed by atoms with Crippen LogP contribution in [0, 0.1) is 0 Å². The molecule has 6 heteroatoms. The van der Waals surface area contributed by atoms with Crippen molar-refractivity contribution in [3.8, 4) is 0 Å². The molecule has 1 aromatic rings. The van der Waals surface area contributed by atoms with E-state index in [2.05, 4.69) is 6.58 Å². The van der Waals surface area contributed by atoms with Gasteiger partial charge in [-0.05, 0) is 19.1 Å². The standard InChI is InChI=1S/C14H13F3O3/c1-3-11(18)13(20-4-2)12(19)9-7-5-6-8-10(9)14(15,16)17/h3,5-8,13H,1,4H2,2H3. The third kappa shape index (κ3) is 3.54. The molecule has 0 saturated carbocycles. The predicted molar refractivity (Wildman–Crippen MR) is 66.4 cm³/mol. The number of Topliss-reactive ketones (excluding diaryl/α,β-unsaturated/α-hetero) is 1.